The van der Waals surface area contributed by atoms with E-state index in [1.807, 2.05) is 6.92 Å². The van der Waals surface area contributed by atoms with Crippen molar-refractivity contribution in [3.63, 3.8) is 0 Å². The molecular weight excluding hydrogens is 237 g/mol. The average molecular weight is 250 g/mol. The predicted molar refractivity (Wildman–Crippen MR) is 56.8 cm³/mol. The standard InChI is InChI=1S/C9H13F3N4O/c1-2-14-6-5-7(16-8(13)15-6)17-4-3-9(10,11)12/h5H,2-4H2,1H3,(H3,13,14,15,16). The Morgan fingerprint density at radius 1 is 1.41 bits per heavy atom. The summed E-state index contributed by atoms with van der Waals surface area (Å²) in [5.41, 5.74) is 5.38. The summed E-state index contributed by atoms with van der Waals surface area (Å²) >= 11 is 0. The third-order valence-corrected chi connectivity index (χ3v) is 1.71. The van der Waals surface area contributed by atoms with Crippen LogP contribution in [0.2, 0.25) is 0 Å². The second kappa shape index (κ2) is 5.55. The van der Waals surface area contributed by atoms with E-state index >= 15 is 0 Å². The lowest BCUT2D eigenvalue weighted by Crippen LogP contribution is -2.14. The number of nitrogens with one attached hydrogen (secondary N) is 1. The molecule has 17 heavy (non-hydrogen) atoms. The lowest BCUT2D eigenvalue weighted by atomic mass is 10.4. The summed E-state index contributed by atoms with van der Waals surface area (Å²) < 4.78 is 40.5. The third kappa shape index (κ3) is 5.23. The van der Waals surface area contributed by atoms with Gasteiger partial charge in [0, 0.05) is 12.6 Å². The van der Waals surface area contributed by atoms with Crippen molar-refractivity contribution in [2.45, 2.75) is 19.5 Å². The van der Waals surface area contributed by atoms with Crippen molar-refractivity contribution in [2.24, 2.45) is 0 Å². The topological polar surface area (TPSA) is 73.1 Å². The van der Waals surface area contributed by atoms with Crippen LogP contribution in [-0.4, -0.2) is 29.3 Å². The Morgan fingerprint density at radius 2 is 2.12 bits per heavy atom. The Kier molecular flexibility index (Phi) is 4.36. The van der Waals surface area contributed by atoms with E-state index in [1.165, 1.54) is 6.07 Å². The second-order valence-electron chi connectivity index (χ2n) is 3.19. The van der Waals surface area contributed by atoms with Crippen molar-refractivity contribution in [1.82, 2.24) is 9.97 Å². The summed E-state index contributed by atoms with van der Waals surface area (Å²) in [5.74, 6) is 0.394. The van der Waals surface area contributed by atoms with Crippen LogP contribution in [0.4, 0.5) is 24.9 Å². The molecular formula is C9H13F3N4O. The fraction of sp³-hybridized carbons (Fsp3) is 0.556. The van der Waals surface area contributed by atoms with Crippen LogP contribution >= 0.6 is 0 Å². The number of halogens is 3. The van der Waals surface area contributed by atoms with E-state index in [2.05, 4.69) is 15.3 Å². The molecule has 5 nitrogen and oxygen atoms in total. The zero-order chi connectivity index (χ0) is 12.9. The van der Waals surface area contributed by atoms with Gasteiger partial charge in [-0.3, -0.25) is 0 Å². The Balaban J connectivity index is 2.58. The third-order valence-electron chi connectivity index (χ3n) is 1.71. The van der Waals surface area contributed by atoms with Gasteiger partial charge in [-0.2, -0.15) is 23.1 Å². The molecule has 0 saturated carbocycles. The molecule has 0 unspecified atom stereocenters. The molecule has 0 radical (unpaired) electrons. The number of ether oxygens (including phenoxy) is 1. The van der Waals surface area contributed by atoms with Gasteiger partial charge in [-0.25, -0.2) is 0 Å². The highest BCUT2D eigenvalue weighted by Crippen LogP contribution is 2.20. The summed E-state index contributed by atoms with van der Waals surface area (Å²) in [6, 6.07) is 1.40. The lowest BCUT2D eigenvalue weighted by molar-refractivity contribution is -0.139. The number of nitrogens with two attached hydrogens (primary N) is 1. The first-order valence-corrected chi connectivity index (χ1v) is 4.98. The normalized spacial score (nSPS) is 11.3. The van der Waals surface area contributed by atoms with Gasteiger partial charge in [-0.15, -0.1) is 0 Å². The number of nitrogen functional groups attached to an aromatic ring is 1. The molecule has 1 rings (SSSR count). The molecule has 0 atom stereocenters. The van der Waals surface area contributed by atoms with E-state index in [9.17, 15) is 13.2 Å². The molecule has 0 aliphatic rings. The first-order chi connectivity index (χ1) is 7.90. The van der Waals surface area contributed by atoms with Gasteiger partial charge in [-0.1, -0.05) is 0 Å². The Hall–Kier alpha value is -1.73. The number of nitrogens with zero attached hydrogens (tertiary/aromatic N) is 2. The highest BCUT2D eigenvalue weighted by molar-refractivity contribution is 5.42. The summed E-state index contributed by atoms with van der Waals surface area (Å²) in [5, 5.41) is 2.86. The van der Waals surface area contributed by atoms with Crippen molar-refractivity contribution < 1.29 is 17.9 Å². The average Bonchev–Trinajstić information content (AvgIpc) is 2.15. The Labute approximate surface area is 96.2 Å². The van der Waals surface area contributed by atoms with Crippen molar-refractivity contribution in [3.05, 3.63) is 6.07 Å². The van der Waals surface area contributed by atoms with Crippen LogP contribution in [0.15, 0.2) is 6.07 Å². The number of aromatic nitrogens is 2. The van der Waals surface area contributed by atoms with Gasteiger partial charge >= 0.3 is 6.18 Å². The predicted octanol–water partition coefficient (Wildman–Crippen LogP) is 1.82. The van der Waals surface area contributed by atoms with E-state index in [0.717, 1.165) is 0 Å². The van der Waals surface area contributed by atoms with Gasteiger partial charge in [0.05, 0.1) is 13.0 Å². The van der Waals surface area contributed by atoms with Gasteiger partial charge in [0.25, 0.3) is 0 Å². The van der Waals surface area contributed by atoms with Gasteiger partial charge in [-0.05, 0) is 6.92 Å². The van der Waals surface area contributed by atoms with E-state index in [-0.39, 0.29) is 11.8 Å². The molecule has 3 N–H and O–H groups in total. The molecule has 0 saturated heterocycles. The van der Waals surface area contributed by atoms with E-state index in [1.54, 1.807) is 0 Å². The highest BCUT2D eigenvalue weighted by Gasteiger charge is 2.26. The number of hydrogen-bond acceptors (Lipinski definition) is 5. The summed E-state index contributed by atoms with van der Waals surface area (Å²) in [4.78, 5) is 7.51. The quantitative estimate of drug-likeness (QED) is 0.833. The van der Waals surface area contributed by atoms with Crippen LogP contribution < -0.4 is 15.8 Å². The maximum atomic E-state index is 11.9. The SMILES string of the molecule is CCNc1cc(OCCC(F)(F)F)nc(N)n1. The Morgan fingerprint density at radius 3 is 2.71 bits per heavy atom. The van der Waals surface area contributed by atoms with Gasteiger partial charge in [0.1, 0.15) is 5.82 Å². The molecule has 1 heterocycles. The van der Waals surface area contributed by atoms with E-state index < -0.39 is 19.2 Å². The molecule has 0 fully saturated rings. The van der Waals surface area contributed by atoms with Gasteiger partial charge in [0.2, 0.25) is 11.8 Å². The van der Waals surface area contributed by atoms with E-state index in [0.29, 0.717) is 12.4 Å². The molecule has 1 aromatic heterocycles. The first-order valence-electron chi connectivity index (χ1n) is 4.98. The molecule has 0 amide bonds. The Bertz CT molecular complexity index is 370. The molecule has 0 aliphatic carbocycles. The molecule has 0 bridgehead atoms. The number of hydrogen-bond donors (Lipinski definition) is 2. The second-order valence-corrected chi connectivity index (χ2v) is 3.19. The summed E-state index contributed by atoms with van der Waals surface area (Å²) in [6.07, 6.45) is -5.28. The van der Waals surface area contributed by atoms with Crippen LogP contribution in [0.1, 0.15) is 13.3 Å². The zero-order valence-corrected chi connectivity index (χ0v) is 9.21. The largest absolute Gasteiger partial charge is 0.477 e. The lowest BCUT2D eigenvalue weighted by Gasteiger charge is -2.09. The smallest absolute Gasteiger partial charge is 0.392 e. The molecule has 8 heteroatoms. The van der Waals surface area contributed by atoms with Crippen molar-refractivity contribution >= 4 is 11.8 Å². The minimum atomic E-state index is -4.25. The van der Waals surface area contributed by atoms with Crippen molar-refractivity contribution in [1.29, 1.82) is 0 Å². The van der Waals surface area contributed by atoms with Crippen LogP contribution in [0.3, 0.4) is 0 Å². The number of anilines is 2. The van der Waals surface area contributed by atoms with Crippen LogP contribution in [0.5, 0.6) is 5.88 Å². The minimum Gasteiger partial charge on any atom is -0.477 e. The zero-order valence-electron chi connectivity index (χ0n) is 9.21. The summed E-state index contributed by atoms with van der Waals surface area (Å²) in [6.45, 7) is 1.96. The van der Waals surface area contributed by atoms with Crippen LogP contribution in [-0.2, 0) is 0 Å². The monoisotopic (exact) mass is 250 g/mol. The molecule has 96 valence electrons. The number of rotatable bonds is 5. The van der Waals surface area contributed by atoms with E-state index in [4.69, 9.17) is 10.5 Å². The van der Waals surface area contributed by atoms with Crippen LogP contribution in [0, 0.1) is 0 Å². The van der Waals surface area contributed by atoms with Crippen LogP contribution in [0.25, 0.3) is 0 Å². The van der Waals surface area contributed by atoms with Gasteiger partial charge < -0.3 is 15.8 Å². The fourth-order valence-corrected chi connectivity index (χ4v) is 1.06. The molecule has 0 aliphatic heterocycles. The molecule has 1 aromatic rings. The van der Waals surface area contributed by atoms with Crippen molar-refractivity contribution in [2.75, 3.05) is 24.2 Å². The minimum absolute atomic E-state index is 0.0256. The molecule has 0 aromatic carbocycles. The fourth-order valence-electron chi connectivity index (χ4n) is 1.06. The maximum absolute atomic E-state index is 11.9. The summed E-state index contributed by atoms with van der Waals surface area (Å²) in [7, 11) is 0. The maximum Gasteiger partial charge on any atom is 0.392 e. The first kappa shape index (κ1) is 13.3. The van der Waals surface area contributed by atoms with Gasteiger partial charge in [0.15, 0.2) is 0 Å². The highest BCUT2D eigenvalue weighted by atomic mass is 19.4. The molecule has 0 spiro atoms. The number of alkyl halides is 3. The van der Waals surface area contributed by atoms with Crippen molar-refractivity contribution in [3.8, 4) is 5.88 Å².